The molecule has 1 atom stereocenters. The molecule has 1 unspecified atom stereocenters. The minimum atomic E-state index is 0.00533. The molecular formula is C18H24N4O2S. The lowest BCUT2D eigenvalue weighted by molar-refractivity contribution is 0.193. The van der Waals surface area contributed by atoms with Gasteiger partial charge in [0.2, 0.25) is 0 Å². The van der Waals surface area contributed by atoms with Crippen molar-refractivity contribution in [3.63, 3.8) is 0 Å². The summed E-state index contributed by atoms with van der Waals surface area (Å²) in [4.78, 5) is 18.8. The number of imidazole rings is 1. The summed E-state index contributed by atoms with van der Waals surface area (Å²) in [6, 6.07) is 8.12. The maximum Gasteiger partial charge on any atom is 0.317 e. The number of likely N-dealkylation sites (tertiary alicyclic amines) is 1. The number of rotatable bonds is 6. The number of carbonyl (C=O) groups excluding carboxylic acids is 1. The molecule has 134 valence electrons. The molecule has 2 heterocycles. The normalized spacial score (nSPS) is 16.9. The first-order valence-electron chi connectivity index (χ1n) is 8.47. The first-order valence-corrected chi connectivity index (χ1v) is 9.46. The largest absolute Gasteiger partial charge is 0.497 e. The van der Waals surface area contributed by atoms with E-state index in [0.29, 0.717) is 6.54 Å². The van der Waals surface area contributed by atoms with Crippen LogP contribution < -0.4 is 10.1 Å². The zero-order chi connectivity index (χ0) is 17.6. The lowest BCUT2D eigenvalue weighted by atomic mass is 10.0. The molecule has 25 heavy (non-hydrogen) atoms. The fourth-order valence-electron chi connectivity index (χ4n) is 3.10. The molecule has 0 aliphatic carbocycles. The summed E-state index contributed by atoms with van der Waals surface area (Å²) in [6.45, 7) is 1.41. The molecule has 0 saturated carbocycles. The van der Waals surface area contributed by atoms with Gasteiger partial charge in [-0.15, -0.1) is 0 Å². The van der Waals surface area contributed by atoms with E-state index in [1.54, 1.807) is 25.1 Å². The van der Waals surface area contributed by atoms with Crippen molar-refractivity contribution in [3.8, 4) is 5.75 Å². The van der Waals surface area contributed by atoms with E-state index < -0.39 is 0 Å². The van der Waals surface area contributed by atoms with E-state index in [2.05, 4.69) is 16.4 Å². The number of carbonyl (C=O) groups is 1. The summed E-state index contributed by atoms with van der Waals surface area (Å²) in [6.07, 6.45) is 5.72. The van der Waals surface area contributed by atoms with Crippen LogP contribution in [0.25, 0.3) is 0 Å². The maximum absolute atomic E-state index is 12.6. The number of aryl methyl sites for hydroxylation is 1. The molecule has 1 fully saturated rings. The van der Waals surface area contributed by atoms with Crippen LogP contribution in [-0.2, 0) is 7.05 Å². The van der Waals surface area contributed by atoms with E-state index >= 15 is 0 Å². The first-order chi connectivity index (χ1) is 12.2. The predicted molar refractivity (Wildman–Crippen MR) is 99.0 cm³/mol. The smallest absolute Gasteiger partial charge is 0.317 e. The monoisotopic (exact) mass is 360 g/mol. The summed E-state index contributed by atoms with van der Waals surface area (Å²) >= 11 is 1.64. The van der Waals surface area contributed by atoms with Gasteiger partial charge in [-0.3, -0.25) is 0 Å². The topological polar surface area (TPSA) is 59.4 Å². The van der Waals surface area contributed by atoms with Crippen LogP contribution in [0.5, 0.6) is 5.75 Å². The summed E-state index contributed by atoms with van der Waals surface area (Å²) in [5, 5.41) is 4.00. The van der Waals surface area contributed by atoms with Gasteiger partial charge in [0.05, 0.1) is 13.2 Å². The second-order valence-corrected chi connectivity index (χ2v) is 7.09. The maximum atomic E-state index is 12.6. The highest BCUT2D eigenvalue weighted by atomic mass is 32.2. The highest BCUT2D eigenvalue weighted by Crippen LogP contribution is 2.33. The molecule has 1 N–H and O–H groups in total. The van der Waals surface area contributed by atoms with Crippen molar-refractivity contribution in [3.05, 3.63) is 42.2 Å². The molecule has 1 aromatic heterocycles. The van der Waals surface area contributed by atoms with E-state index in [4.69, 9.17) is 4.74 Å². The third kappa shape index (κ3) is 4.28. The van der Waals surface area contributed by atoms with E-state index in [-0.39, 0.29) is 12.1 Å². The van der Waals surface area contributed by atoms with Gasteiger partial charge < -0.3 is 19.5 Å². The average Bonchev–Trinajstić information content (AvgIpc) is 3.28. The highest BCUT2D eigenvalue weighted by Gasteiger charge is 2.29. The van der Waals surface area contributed by atoms with Crippen molar-refractivity contribution in [2.24, 2.45) is 7.05 Å². The Labute approximate surface area is 152 Å². The molecule has 1 aromatic carbocycles. The molecule has 1 saturated heterocycles. The Morgan fingerprint density at radius 2 is 2.36 bits per heavy atom. The summed E-state index contributed by atoms with van der Waals surface area (Å²) in [5.41, 5.74) is 1.13. The zero-order valence-electron chi connectivity index (χ0n) is 14.6. The van der Waals surface area contributed by atoms with Crippen LogP contribution in [0.3, 0.4) is 0 Å². The van der Waals surface area contributed by atoms with E-state index in [1.165, 1.54) is 0 Å². The number of amides is 2. The van der Waals surface area contributed by atoms with Gasteiger partial charge in [0, 0.05) is 38.3 Å². The van der Waals surface area contributed by atoms with Gasteiger partial charge in [0.15, 0.2) is 5.16 Å². The number of urea groups is 1. The van der Waals surface area contributed by atoms with Crippen molar-refractivity contribution in [1.29, 1.82) is 0 Å². The lowest BCUT2D eigenvalue weighted by Crippen LogP contribution is -2.40. The van der Waals surface area contributed by atoms with Gasteiger partial charge in [-0.25, -0.2) is 9.78 Å². The fraction of sp³-hybridized carbons (Fsp3) is 0.444. The number of hydrogen-bond acceptors (Lipinski definition) is 4. The van der Waals surface area contributed by atoms with Crippen LogP contribution in [-0.4, -0.2) is 46.4 Å². The number of benzene rings is 1. The number of hydrogen-bond donors (Lipinski definition) is 1. The number of thioether (sulfide) groups is 1. The molecule has 0 bridgehead atoms. The van der Waals surface area contributed by atoms with E-state index in [0.717, 1.165) is 41.6 Å². The van der Waals surface area contributed by atoms with Gasteiger partial charge in [0.1, 0.15) is 5.75 Å². The van der Waals surface area contributed by atoms with Gasteiger partial charge in [-0.1, -0.05) is 23.9 Å². The highest BCUT2D eigenvalue weighted by molar-refractivity contribution is 7.99. The minimum Gasteiger partial charge on any atom is -0.497 e. The van der Waals surface area contributed by atoms with E-state index in [9.17, 15) is 4.79 Å². The predicted octanol–water partition coefficient (Wildman–Crippen LogP) is 3.07. The van der Waals surface area contributed by atoms with Crippen molar-refractivity contribution in [2.45, 2.75) is 24.0 Å². The van der Waals surface area contributed by atoms with Crippen LogP contribution in [0.15, 0.2) is 41.8 Å². The Morgan fingerprint density at radius 1 is 1.48 bits per heavy atom. The Hall–Kier alpha value is -2.15. The number of nitrogens with zero attached hydrogens (tertiary/aromatic N) is 3. The van der Waals surface area contributed by atoms with Crippen LogP contribution in [0.1, 0.15) is 24.4 Å². The fourth-order valence-corrected chi connectivity index (χ4v) is 3.88. The van der Waals surface area contributed by atoms with E-state index in [1.807, 2.05) is 40.9 Å². The SMILES string of the molecule is COc1cccc(C2CCCN2C(=O)NCCSc2nccn2C)c1. The molecule has 0 spiro atoms. The van der Waals surface area contributed by atoms with Gasteiger partial charge in [0.25, 0.3) is 0 Å². The molecule has 2 amide bonds. The first kappa shape index (κ1) is 17.7. The van der Waals surface area contributed by atoms with Crippen LogP contribution in [0.4, 0.5) is 4.79 Å². The number of aromatic nitrogens is 2. The molecule has 2 aromatic rings. The lowest BCUT2D eigenvalue weighted by Gasteiger charge is -2.25. The molecule has 7 heteroatoms. The van der Waals surface area contributed by atoms with Gasteiger partial charge >= 0.3 is 6.03 Å². The average molecular weight is 360 g/mol. The van der Waals surface area contributed by atoms with Crippen molar-refractivity contribution in [1.82, 2.24) is 19.8 Å². The van der Waals surface area contributed by atoms with Crippen molar-refractivity contribution < 1.29 is 9.53 Å². The van der Waals surface area contributed by atoms with Crippen LogP contribution in [0, 0.1) is 0 Å². The number of ether oxygens (including phenoxy) is 1. The summed E-state index contributed by atoms with van der Waals surface area (Å²) in [7, 11) is 3.63. The molecule has 1 aliphatic rings. The molecule has 6 nitrogen and oxygen atoms in total. The second kappa shape index (κ2) is 8.29. The second-order valence-electron chi connectivity index (χ2n) is 6.03. The summed E-state index contributed by atoms with van der Waals surface area (Å²) in [5.74, 6) is 1.63. The molecule has 3 rings (SSSR count). The third-order valence-corrected chi connectivity index (χ3v) is 5.44. The van der Waals surface area contributed by atoms with Crippen LogP contribution in [0.2, 0.25) is 0 Å². The van der Waals surface area contributed by atoms with Crippen LogP contribution >= 0.6 is 11.8 Å². The molecule has 0 radical (unpaired) electrons. The third-order valence-electron chi connectivity index (χ3n) is 4.38. The Kier molecular flexibility index (Phi) is 5.86. The minimum absolute atomic E-state index is 0.00533. The van der Waals surface area contributed by atoms with Crippen molar-refractivity contribution >= 4 is 17.8 Å². The summed E-state index contributed by atoms with van der Waals surface area (Å²) < 4.78 is 7.28. The van der Waals surface area contributed by atoms with Crippen molar-refractivity contribution in [2.75, 3.05) is 26.0 Å². The zero-order valence-corrected chi connectivity index (χ0v) is 15.5. The standard InChI is InChI=1S/C18H24N4O2S/c1-21-11-8-20-18(21)25-12-9-19-17(23)22-10-4-7-16(22)14-5-3-6-15(13-14)24-2/h3,5-6,8,11,13,16H,4,7,9-10,12H2,1-2H3,(H,19,23). The number of methoxy groups -OCH3 is 1. The van der Waals surface area contributed by atoms with Gasteiger partial charge in [-0.2, -0.15) is 0 Å². The molecule has 1 aliphatic heterocycles. The Balaban J connectivity index is 1.53. The Bertz CT molecular complexity index is 719. The quantitative estimate of drug-likeness (QED) is 0.635. The Morgan fingerprint density at radius 3 is 3.12 bits per heavy atom. The molecular weight excluding hydrogens is 336 g/mol. The number of nitrogens with one attached hydrogen (secondary N) is 1. The van der Waals surface area contributed by atoms with Gasteiger partial charge in [-0.05, 0) is 30.5 Å².